The van der Waals surface area contributed by atoms with Crippen molar-refractivity contribution in [2.75, 3.05) is 13.7 Å². The number of carbonyl (C=O) groups excluding carboxylic acids is 1. The number of aldehydes is 1. The van der Waals surface area contributed by atoms with Gasteiger partial charge in [-0.15, -0.1) is 0 Å². The van der Waals surface area contributed by atoms with Gasteiger partial charge in [-0.25, -0.2) is 0 Å². The molecule has 0 N–H and O–H groups in total. The summed E-state index contributed by atoms with van der Waals surface area (Å²) in [5.74, 6) is 1.29. The van der Waals surface area contributed by atoms with Gasteiger partial charge in [0, 0.05) is 7.11 Å². The number of benzene rings is 2. The lowest BCUT2D eigenvalue weighted by molar-refractivity contribution is 0.112. The molecule has 2 aromatic carbocycles. The third kappa shape index (κ3) is 3.66. The minimum absolute atomic E-state index is 0.547. The molecule has 0 saturated heterocycles. The highest BCUT2D eigenvalue weighted by molar-refractivity contribution is 5.79. The van der Waals surface area contributed by atoms with Gasteiger partial charge in [0.1, 0.15) is 11.5 Å². The van der Waals surface area contributed by atoms with Crippen LogP contribution in [0.25, 0.3) is 0 Å². The summed E-state index contributed by atoms with van der Waals surface area (Å²) in [6, 6.07) is 15.0. The van der Waals surface area contributed by atoms with Gasteiger partial charge in [-0.3, -0.25) is 4.79 Å². The van der Waals surface area contributed by atoms with E-state index in [-0.39, 0.29) is 0 Å². The van der Waals surface area contributed by atoms with Crippen molar-refractivity contribution >= 4 is 6.29 Å². The third-order valence-electron chi connectivity index (χ3n) is 2.79. The van der Waals surface area contributed by atoms with E-state index in [0.29, 0.717) is 17.9 Å². The quantitative estimate of drug-likeness (QED) is 0.742. The second kappa shape index (κ2) is 6.71. The minimum atomic E-state index is 0.547. The van der Waals surface area contributed by atoms with E-state index in [1.165, 1.54) is 5.56 Å². The van der Waals surface area contributed by atoms with Crippen LogP contribution in [0.4, 0.5) is 0 Å². The largest absolute Gasteiger partial charge is 0.457 e. The molecule has 0 fully saturated rings. The maximum absolute atomic E-state index is 10.9. The molecule has 0 aliphatic rings. The van der Waals surface area contributed by atoms with Crippen molar-refractivity contribution in [1.29, 1.82) is 0 Å². The van der Waals surface area contributed by atoms with Crippen LogP contribution in [0.5, 0.6) is 11.5 Å². The Kier molecular flexibility index (Phi) is 4.70. The monoisotopic (exact) mass is 256 g/mol. The Morgan fingerprint density at radius 1 is 1.05 bits per heavy atom. The molecule has 0 amide bonds. The normalized spacial score (nSPS) is 10.2. The van der Waals surface area contributed by atoms with Crippen LogP contribution in [0.3, 0.4) is 0 Å². The highest BCUT2D eigenvalue weighted by Gasteiger charge is 2.03. The van der Waals surface area contributed by atoms with Gasteiger partial charge >= 0.3 is 0 Å². The van der Waals surface area contributed by atoms with E-state index in [4.69, 9.17) is 9.47 Å². The first-order valence-corrected chi connectivity index (χ1v) is 6.13. The molecule has 0 aliphatic heterocycles. The molecule has 2 aromatic rings. The molecular formula is C16H16O3. The highest BCUT2D eigenvalue weighted by atomic mass is 16.5. The molecule has 3 nitrogen and oxygen atoms in total. The second-order valence-electron chi connectivity index (χ2n) is 4.14. The number of hydrogen-bond donors (Lipinski definition) is 0. The van der Waals surface area contributed by atoms with Gasteiger partial charge in [0.15, 0.2) is 6.29 Å². The summed E-state index contributed by atoms with van der Waals surface area (Å²) in [6.07, 6.45) is 1.67. The van der Waals surface area contributed by atoms with Crippen molar-refractivity contribution in [2.45, 2.75) is 6.42 Å². The first-order valence-electron chi connectivity index (χ1n) is 6.13. The van der Waals surface area contributed by atoms with Gasteiger partial charge in [-0.1, -0.05) is 24.3 Å². The average Bonchev–Trinajstić information content (AvgIpc) is 2.47. The molecule has 0 atom stereocenters. The fourth-order valence-electron chi connectivity index (χ4n) is 1.74. The van der Waals surface area contributed by atoms with E-state index in [1.807, 2.05) is 36.4 Å². The van der Waals surface area contributed by atoms with Crippen LogP contribution < -0.4 is 4.74 Å². The topological polar surface area (TPSA) is 35.5 Å². The molecule has 0 aromatic heterocycles. The molecule has 2 rings (SSSR count). The first kappa shape index (κ1) is 13.3. The van der Waals surface area contributed by atoms with E-state index in [1.54, 1.807) is 19.2 Å². The van der Waals surface area contributed by atoms with Crippen molar-refractivity contribution in [3.63, 3.8) is 0 Å². The molecule has 0 bridgehead atoms. The van der Waals surface area contributed by atoms with Crippen molar-refractivity contribution in [3.8, 4) is 11.5 Å². The molecule has 0 unspecified atom stereocenters. The molecule has 0 spiro atoms. The number of methoxy groups -OCH3 is 1. The summed E-state index contributed by atoms with van der Waals surface area (Å²) >= 11 is 0. The van der Waals surface area contributed by atoms with Gasteiger partial charge in [-0.05, 0) is 36.2 Å². The summed E-state index contributed by atoms with van der Waals surface area (Å²) in [4.78, 5) is 10.9. The number of carbonyl (C=O) groups is 1. The molecule has 0 saturated carbocycles. The standard InChI is InChI=1S/C16H16O3/c1-18-11-10-13-6-8-15(9-7-13)19-16-5-3-2-4-14(16)12-17/h2-9,12H,10-11H2,1H3. The average molecular weight is 256 g/mol. The second-order valence-corrected chi connectivity index (χ2v) is 4.14. The lowest BCUT2D eigenvalue weighted by atomic mass is 10.1. The van der Waals surface area contributed by atoms with Crippen LogP contribution in [-0.4, -0.2) is 20.0 Å². The maximum Gasteiger partial charge on any atom is 0.153 e. The van der Waals surface area contributed by atoms with Gasteiger partial charge in [0.2, 0.25) is 0 Å². The zero-order valence-electron chi connectivity index (χ0n) is 10.8. The Labute approximate surface area is 112 Å². The van der Waals surface area contributed by atoms with Crippen molar-refractivity contribution in [2.24, 2.45) is 0 Å². The maximum atomic E-state index is 10.9. The van der Waals surface area contributed by atoms with Crippen LogP contribution in [0.2, 0.25) is 0 Å². The molecule has 0 radical (unpaired) electrons. The molecule has 3 heteroatoms. The SMILES string of the molecule is COCCc1ccc(Oc2ccccc2C=O)cc1. The Morgan fingerprint density at radius 2 is 1.79 bits per heavy atom. The summed E-state index contributed by atoms with van der Waals surface area (Å²) in [5, 5.41) is 0. The minimum Gasteiger partial charge on any atom is -0.457 e. The zero-order chi connectivity index (χ0) is 13.5. The Hall–Kier alpha value is -2.13. The number of ether oxygens (including phenoxy) is 2. The van der Waals surface area contributed by atoms with E-state index in [0.717, 1.165) is 18.5 Å². The molecule has 0 aliphatic carbocycles. The van der Waals surface area contributed by atoms with Crippen LogP contribution >= 0.6 is 0 Å². The summed E-state index contributed by atoms with van der Waals surface area (Å²) in [6.45, 7) is 0.703. The molecule has 0 heterocycles. The third-order valence-corrected chi connectivity index (χ3v) is 2.79. The van der Waals surface area contributed by atoms with Gasteiger partial charge in [0.05, 0.1) is 12.2 Å². The van der Waals surface area contributed by atoms with E-state index in [2.05, 4.69) is 0 Å². The van der Waals surface area contributed by atoms with Crippen LogP contribution in [0.1, 0.15) is 15.9 Å². The molecule has 98 valence electrons. The van der Waals surface area contributed by atoms with Crippen LogP contribution in [0, 0.1) is 0 Å². The van der Waals surface area contributed by atoms with Crippen molar-refractivity contribution in [3.05, 3.63) is 59.7 Å². The van der Waals surface area contributed by atoms with Gasteiger partial charge < -0.3 is 9.47 Å². The fraction of sp³-hybridized carbons (Fsp3) is 0.188. The first-order chi connectivity index (χ1) is 9.33. The predicted molar refractivity (Wildman–Crippen MR) is 73.9 cm³/mol. The highest BCUT2D eigenvalue weighted by Crippen LogP contribution is 2.24. The van der Waals surface area contributed by atoms with E-state index >= 15 is 0 Å². The Balaban J connectivity index is 2.08. The lowest BCUT2D eigenvalue weighted by Gasteiger charge is -2.08. The van der Waals surface area contributed by atoms with Crippen molar-refractivity contribution in [1.82, 2.24) is 0 Å². The summed E-state index contributed by atoms with van der Waals surface area (Å²) < 4.78 is 10.7. The zero-order valence-corrected chi connectivity index (χ0v) is 10.8. The number of hydrogen-bond acceptors (Lipinski definition) is 3. The predicted octanol–water partition coefficient (Wildman–Crippen LogP) is 3.48. The van der Waals surface area contributed by atoms with Gasteiger partial charge in [-0.2, -0.15) is 0 Å². The summed E-state index contributed by atoms with van der Waals surface area (Å²) in [7, 11) is 1.69. The number of rotatable bonds is 6. The van der Waals surface area contributed by atoms with E-state index in [9.17, 15) is 4.79 Å². The van der Waals surface area contributed by atoms with Crippen LogP contribution in [0.15, 0.2) is 48.5 Å². The van der Waals surface area contributed by atoms with Crippen molar-refractivity contribution < 1.29 is 14.3 Å². The van der Waals surface area contributed by atoms with E-state index < -0.39 is 0 Å². The Bertz CT molecular complexity index is 532. The Morgan fingerprint density at radius 3 is 2.47 bits per heavy atom. The molecule has 19 heavy (non-hydrogen) atoms. The van der Waals surface area contributed by atoms with Crippen LogP contribution in [-0.2, 0) is 11.2 Å². The summed E-state index contributed by atoms with van der Waals surface area (Å²) in [5.41, 5.74) is 1.74. The smallest absolute Gasteiger partial charge is 0.153 e. The lowest BCUT2D eigenvalue weighted by Crippen LogP contribution is -1.94. The molecular weight excluding hydrogens is 240 g/mol. The number of para-hydroxylation sites is 1. The fourth-order valence-corrected chi connectivity index (χ4v) is 1.74. The van der Waals surface area contributed by atoms with Gasteiger partial charge in [0.25, 0.3) is 0 Å².